The highest BCUT2D eigenvalue weighted by atomic mass is 19.1. The number of carbonyl (C=O) groups excluding carboxylic acids is 1. The monoisotopic (exact) mass is 418 g/mol. The van der Waals surface area contributed by atoms with Gasteiger partial charge in [-0.15, -0.1) is 0 Å². The second-order valence-electron chi connectivity index (χ2n) is 6.65. The Morgan fingerprint density at radius 3 is 2.71 bits per heavy atom. The van der Waals surface area contributed by atoms with E-state index in [1.165, 1.54) is 36.8 Å². The Labute approximate surface area is 177 Å². The van der Waals surface area contributed by atoms with Gasteiger partial charge in [0.25, 0.3) is 0 Å². The summed E-state index contributed by atoms with van der Waals surface area (Å²) in [7, 11) is 0. The topological polar surface area (TPSA) is 105 Å². The van der Waals surface area contributed by atoms with E-state index in [1.807, 2.05) is 30.3 Å². The third-order valence-corrected chi connectivity index (χ3v) is 4.43. The molecule has 31 heavy (non-hydrogen) atoms. The molecule has 1 atom stereocenters. The summed E-state index contributed by atoms with van der Waals surface area (Å²) in [5.74, 6) is 0.179. The van der Waals surface area contributed by atoms with Crippen LogP contribution in [0.15, 0.2) is 73.2 Å². The van der Waals surface area contributed by atoms with Gasteiger partial charge in [-0.25, -0.2) is 14.2 Å². The number of halogens is 1. The fourth-order valence-electron chi connectivity index (χ4n) is 2.95. The SMILES string of the molecule is CC(Oc1cnccn1)c1cc(NC(=O)Nc2cc(-c3ccccc3)[nH]n2)ccc1F. The summed E-state index contributed by atoms with van der Waals surface area (Å²) in [6, 6.07) is 15.1. The van der Waals surface area contributed by atoms with Crippen LogP contribution in [-0.4, -0.2) is 26.2 Å². The maximum absolute atomic E-state index is 14.3. The van der Waals surface area contributed by atoms with E-state index in [0.29, 0.717) is 11.5 Å². The van der Waals surface area contributed by atoms with Crippen molar-refractivity contribution in [2.45, 2.75) is 13.0 Å². The Kier molecular flexibility index (Phi) is 5.84. The number of anilines is 2. The average Bonchev–Trinajstić information content (AvgIpc) is 3.24. The average molecular weight is 418 g/mol. The smallest absolute Gasteiger partial charge is 0.324 e. The number of nitrogens with one attached hydrogen (secondary N) is 3. The van der Waals surface area contributed by atoms with E-state index in [4.69, 9.17) is 4.74 Å². The highest BCUT2D eigenvalue weighted by Gasteiger charge is 2.15. The van der Waals surface area contributed by atoms with Crippen LogP contribution in [0.3, 0.4) is 0 Å². The number of hydrogen-bond donors (Lipinski definition) is 3. The first-order chi connectivity index (χ1) is 15.1. The van der Waals surface area contributed by atoms with Crippen molar-refractivity contribution in [3.8, 4) is 17.1 Å². The zero-order valence-electron chi connectivity index (χ0n) is 16.5. The third-order valence-electron chi connectivity index (χ3n) is 4.43. The zero-order chi connectivity index (χ0) is 21.6. The Bertz CT molecular complexity index is 1170. The number of rotatable bonds is 6. The molecule has 0 aliphatic carbocycles. The van der Waals surface area contributed by atoms with Crippen molar-refractivity contribution in [1.29, 1.82) is 0 Å². The van der Waals surface area contributed by atoms with Gasteiger partial charge in [-0.2, -0.15) is 5.10 Å². The van der Waals surface area contributed by atoms with Crippen LogP contribution in [0.2, 0.25) is 0 Å². The molecule has 0 radical (unpaired) electrons. The predicted octanol–water partition coefficient (Wildman–Crippen LogP) is 4.79. The summed E-state index contributed by atoms with van der Waals surface area (Å²) < 4.78 is 19.9. The maximum atomic E-state index is 14.3. The fourth-order valence-corrected chi connectivity index (χ4v) is 2.95. The minimum atomic E-state index is -0.638. The molecule has 2 heterocycles. The molecule has 1 unspecified atom stereocenters. The number of hydrogen-bond acceptors (Lipinski definition) is 5. The molecule has 2 aromatic carbocycles. The molecule has 0 aliphatic heterocycles. The van der Waals surface area contributed by atoms with Crippen molar-refractivity contribution in [2.75, 3.05) is 10.6 Å². The van der Waals surface area contributed by atoms with Gasteiger partial charge in [-0.05, 0) is 30.7 Å². The summed E-state index contributed by atoms with van der Waals surface area (Å²) in [4.78, 5) is 20.3. The number of nitrogens with zero attached hydrogens (tertiary/aromatic N) is 3. The van der Waals surface area contributed by atoms with Gasteiger partial charge in [-0.3, -0.25) is 15.4 Å². The molecule has 3 N–H and O–H groups in total. The summed E-state index contributed by atoms with van der Waals surface area (Å²) in [6.07, 6.45) is 3.81. The van der Waals surface area contributed by atoms with Gasteiger partial charge in [0.15, 0.2) is 5.82 Å². The van der Waals surface area contributed by atoms with Gasteiger partial charge < -0.3 is 10.1 Å². The molecule has 8 nitrogen and oxygen atoms in total. The van der Waals surface area contributed by atoms with Crippen LogP contribution in [0.4, 0.5) is 20.7 Å². The number of H-pyrrole nitrogens is 1. The van der Waals surface area contributed by atoms with Gasteiger partial charge in [-0.1, -0.05) is 30.3 Å². The van der Waals surface area contributed by atoms with Crippen LogP contribution in [-0.2, 0) is 0 Å². The lowest BCUT2D eigenvalue weighted by molar-refractivity contribution is 0.211. The van der Waals surface area contributed by atoms with E-state index in [1.54, 1.807) is 13.0 Å². The standard InChI is InChI=1S/C22H19FN6O2/c1-14(31-21-13-24-9-10-25-21)17-11-16(7-8-18(17)23)26-22(30)27-20-12-19(28-29-20)15-5-3-2-4-6-15/h2-14H,1H3,(H3,26,27,28,29,30). The molecule has 0 fully saturated rings. The van der Waals surface area contributed by atoms with Gasteiger partial charge in [0.1, 0.15) is 11.9 Å². The normalized spacial score (nSPS) is 11.5. The molecule has 9 heteroatoms. The van der Waals surface area contributed by atoms with Crippen LogP contribution >= 0.6 is 0 Å². The number of aromatic amines is 1. The highest BCUT2D eigenvalue weighted by molar-refractivity contribution is 5.99. The molecule has 0 aliphatic rings. The Balaban J connectivity index is 1.42. The number of amides is 2. The predicted molar refractivity (Wildman–Crippen MR) is 114 cm³/mol. The molecule has 4 rings (SSSR count). The van der Waals surface area contributed by atoms with Gasteiger partial charge in [0, 0.05) is 29.7 Å². The lowest BCUT2D eigenvalue weighted by Gasteiger charge is -2.16. The van der Waals surface area contributed by atoms with Gasteiger partial charge in [0.2, 0.25) is 5.88 Å². The number of urea groups is 1. The van der Waals surface area contributed by atoms with E-state index >= 15 is 0 Å². The molecule has 2 aromatic heterocycles. The molecule has 156 valence electrons. The Hall–Kier alpha value is -4.27. The van der Waals surface area contributed by atoms with E-state index in [-0.39, 0.29) is 11.4 Å². The fraction of sp³-hybridized carbons (Fsp3) is 0.0909. The van der Waals surface area contributed by atoms with Crippen molar-refractivity contribution >= 4 is 17.5 Å². The van der Waals surface area contributed by atoms with Crippen LogP contribution in [0.5, 0.6) is 5.88 Å². The summed E-state index contributed by atoms with van der Waals surface area (Å²) in [6.45, 7) is 1.69. The Morgan fingerprint density at radius 1 is 1.10 bits per heavy atom. The molecule has 2 amide bonds. The van der Waals surface area contributed by atoms with Crippen LogP contribution in [0, 0.1) is 5.82 Å². The first-order valence-corrected chi connectivity index (χ1v) is 9.49. The lowest BCUT2D eigenvalue weighted by Crippen LogP contribution is -2.20. The maximum Gasteiger partial charge on any atom is 0.324 e. The molecular formula is C22H19FN6O2. The van der Waals surface area contributed by atoms with Crippen molar-refractivity contribution in [2.24, 2.45) is 0 Å². The first kappa shape index (κ1) is 20.0. The van der Waals surface area contributed by atoms with Crippen molar-refractivity contribution in [1.82, 2.24) is 20.2 Å². The molecule has 0 spiro atoms. The molecular weight excluding hydrogens is 399 g/mol. The van der Waals surface area contributed by atoms with Gasteiger partial charge in [0.05, 0.1) is 11.9 Å². The van der Waals surface area contributed by atoms with Crippen LogP contribution in [0.25, 0.3) is 11.3 Å². The minimum Gasteiger partial charge on any atom is -0.469 e. The molecule has 0 saturated carbocycles. The van der Waals surface area contributed by atoms with E-state index < -0.39 is 18.0 Å². The van der Waals surface area contributed by atoms with E-state index in [2.05, 4.69) is 30.8 Å². The number of carbonyl (C=O) groups is 1. The highest BCUT2D eigenvalue weighted by Crippen LogP contribution is 2.25. The van der Waals surface area contributed by atoms with E-state index in [0.717, 1.165) is 11.3 Å². The van der Waals surface area contributed by atoms with Gasteiger partial charge >= 0.3 is 6.03 Å². The molecule has 0 saturated heterocycles. The Morgan fingerprint density at radius 2 is 1.94 bits per heavy atom. The number of aromatic nitrogens is 4. The third kappa shape index (κ3) is 5.02. The molecule has 4 aromatic rings. The summed E-state index contributed by atoms with van der Waals surface area (Å²) in [5, 5.41) is 12.3. The van der Waals surface area contributed by atoms with Crippen molar-refractivity contribution in [3.63, 3.8) is 0 Å². The number of benzene rings is 2. The zero-order valence-corrected chi connectivity index (χ0v) is 16.5. The minimum absolute atomic E-state index is 0.273. The lowest BCUT2D eigenvalue weighted by atomic mass is 10.1. The van der Waals surface area contributed by atoms with Crippen molar-refractivity contribution in [3.05, 3.63) is 84.6 Å². The number of ether oxygens (including phenoxy) is 1. The second-order valence-corrected chi connectivity index (χ2v) is 6.65. The van der Waals surface area contributed by atoms with Crippen LogP contribution < -0.4 is 15.4 Å². The summed E-state index contributed by atoms with van der Waals surface area (Å²) in [5.41, 5.74) is 2.40. The van der Waals surface area contributed by atoms with Crippen molar-refractivity contribution < 1.29 is 13.9 Å². The quantitative estimate of drug-likeness (QED) is 0.418. The second kappa shape index (κ2) is 9.04. The first-order valence-electron chi connectivity index (χ1n) is 9.49. The van der Waals surface area contributed by atoms with E-state index in [9.17, 15) is 9.18 Å². The van der Waals surface area contributed by atoms with Crippen LogP contribution in [0.1, 0.15) is 18.6 Å². The molecule has 0 bridgehead atoms. The summed E-state index contributed by atoms with van der Waals surface area (Å²) >= 11 is 0. The largest absolute Gasteiger partial charge is 0.469 e.